The number of carbonyl (C=O) groups excluding carboxylic acids is 2. The molecular weight excluding hydrogens is 420 g/mol. The van der Waals surface area contributed by atoms with Crippen molar-refractivity contribution in [2.24, 2.45) is 0 Å². The molecule has 1 atom stereocenters. The first kappa shape index (κ1) is 20.2. The lowest BCUT2D eigenvalue weighted by Crippen LogP contribution is -2.30. The van der Waals surface area contributed by atoms with E-state index < -0.39 is 0 Å². The van der Waals surface area contributed by atoms with Crippen LogP contribution in [0, 0.1) is 0 Å². The van der Waals surface area contributed by atoms with Crippen LogP contribution in [0.3, 0.4) is 0 Å². The molecule has 32 heavy (non-hydrogen) atoms. The molecule has 0 radical (unpaired) electrons. The minimum atomic E-state index is -0.328. The Kier molecular flexibility index (Phi) is 5.56. The molecule has 1 aromatic heterocycles. The highest BCUT2D eigenvalue weighted by molar-refractivity contribution is 7.18. The zero-order valence-electron chi connectivity index (χ0n) is 17.3. The summed E-state index contributed by atoms with van der Waals surface area (Å²) in [4.78, 5) is 32.1. The van der Waals surface area contributed by atoms with Gasteiger partial charge in [-0.2, -0.15) is 0 Å². The van der Waals surface area contributed by atoms with Gasteiger partial charge in [0.15, 0.2) is 0 Å². The van der Waals surface area contributed by atoms with Gasteiger partial charge < -0.3 is 15.5 Å². The molecule has 1 aliphatic rings. The second-order valence-corrected chi connectivity index (χ2v) is 8.76. The zero-order chi connectivity index (χ0) is 21.9. The Balaban J connectivity index is 1.27. The minimum Gasteiger partial charge on any atom is -0.329 e. The summed E-state index contributed by atoms with van der Waals surface area (Å²) in [6, 6.07) is 24.0. The van der Waals surface area contributed by atoms with E-state index in [4.69, 9.17) is 4.98 Å². The number of amides is 3. The molecule has 3 amide bonds. The van der Waals surface area contributed by atoms with Gasteiger partial charge in [-0.05, 0) is 61.4 Å². The van der Waals surface area contributed by atoms with Gasteiger partial charge in [-0.25, -0.2) is 9.78 Å². The van der Waals surface area contributed by atoms with E-state index in [0.29, 0.717) is 16.9 Å². The SMILES string of the molecule is O=C(Nc1ccccc1)Nc1ccc(C(=O)N2CCCC2c2nc3ccccc3s2)cc1. The number of aromatic nitrogens is 1. The summed E-state index contributed by atoms with van der Waals surface area (Å²) < 4.78 is 1.14. The van der Waals surface area contributed by atoms with E-state index in [1.54, 1.807) is 35.6 Å². The van der Waals surface area contributed by atoms with Gasteiger partial charge in [0, 0.05) is 23.5 Å². The second-order valence-electron chi connectivity index (χ2n) is 7.70. The number of anilines is 2. The lowest BCUT2D eigenvalue weighted by atomic mass is 10.1. The van der Waals surface area contributed by atoms with Crippen molar-refractivity contribution < 1.29 is 9.59 Å². The Bertz CT molecular complexity index is 1220. The van der Waals surface area contributed by atoms with Crippen LogP contribution in [0.1, 0.15) is 34.2 Å². The average Bonchev–Trinajstić information content (AvgIpc) is 3.46. The number of fused-ring (bicyclic) bond motifs is 1. The monoisotopic (exact) mass is 442 g/mol. The molecular formula is C25H22N4O2S. The van der Waals surface area contributed by atoms with Gasteiger partial charge in [-0.3, -0.25) is 4.79 Å². The number of nitrogens with one attached hydrogen (secondary N) is 2. The standard InChI is InChI=1S/C25H22N4O2S/c30-24(29-16-6-10-21(29)23-28-20-9-4-5-11-22(20)32-23)17-12-14-19(15-13-17)27-25(31)26-18-7-2-1-3-8-18/h1-5,7-9,11-15,21H,6,10,16H2,(H2,26,27,31). The van der Waals surface area contributed by atoms with Crippen LogP contribution in [0.2, 0.25) is 0 Å². The molecule has 0 aliphatic carbocycles. The quantitative estimate of drug-likeness (QED) is 0.412. The van der Waals surface area contributed by atoms with E-state index >= 15 is 0 Å². The topological polar surface area (TPSA) is 74.3 Å². The Morgan fingerprint density at radius 1 is 0.875 bits per heavy atom. The largest absolute Gasteiger partial charge is 0.329 e. The third-order valence-corrected chi connectivity index (χ3v) is 6.67. The van der Waals surface area contributed by atoms with Crippen LogP contribution in [0.5, 0.6) is 0 Å². The molecule has 0 bridgehead atoms. The van der Waals surface area contributed by atoms with Gasteiger partial charge in [0.1, 0.15) is 5.01 Å². The number of benzene rings is 3. The normalized spacial score (nSPS) is 15.6. The predicted octanol–water partition coefficient (Wildman–Crippen LogP) is 5.92. The van der Waals surface area contributed by atoms with Crippen molar-refractivity contribution in [1.82, 2.24) is 9.88 Å². The molecule has 0 saturated carbocycles. The zero-order valence-corrected chi connectivity index (χ0v) is 18.1. The van der Waals surface area contributed by atoms with Crippen LogP contribution < -0.4 is 10.6 Å². The van der Waals surface area contributed by atoms with Crippen molar-refractivity contribution in [3.63, 3.8) is 0 Å². The number of thiazole rings is 1. The van der Waals surface area contributed by atoms with Gasteiger partial charge in [-0.1, -0.05) is 30.3 Å². The van der Waals surface area contributed by atoms with Crippen molar-refractivity contribution in [2.75, 3.05) is 17.2 Å². The highest BCUT2D eigenvalue weighted by Gasteiger charge is 2.32. The molecule has 7 heteroatoms. The van der Waals surface area contributed by atoms with Crippen LogP contribution in [0.15, 0.2) is 78.9 Å². The summed E-state index contributed by atoms with van der Waals surface area (Å²) in [5, 5.41) is 6.56. The van der Waals surface area contributed by atoms with Gasteiger partial charge in [0.25, 0.3) is 5.91 Å². The number of hydrogen-bond acceptors (Lipinski definition) is 4. The van der Waals surface area contributed by atoms with Crippen molar-refractivity contribution in [3.05, 3.63) is 89.4 Å². The first-order valence-corrected chi connectivity index (χ1v) is 11.4. The highest BCUT2D eigenvalue weighted by atomic mass is 32.1. The molecule has 1 saturated heterocycles. The third-order valence-electron chi connectivity index (χ3n) is 5.53. The van der Waals surface area contributed by atoms with E-state index in [-0.39, 0.29) is 18.0 Å². The van der Waals surface area contributed by atoms with Gasteiger partial charge in [0.05, 0.1) is 16.3 Å². The fourth-order valence-corrected chi connectivity index (χ4v) is 5.09. The second kappa shape index (κ2) is 8.80. The van der Waals surface area contributed by atoms with E-state index in [9.17, 15) is 9.59 Å². The number of para-hydroxylation sites is 2. The highest BCUT2D eigenvalue weighted by Crippen LogP contribution is 2.37. The van der Waals surface area contributed by atoms with Crippen molar-refractivity contribution in [3.8, 4) is 0 Å². The fourth-order valence-electron chi connectivity index (χ4n) is 3.98. The van der Waals surface area contributed by atoms with Crippen molar-refractivity contribution in [1.29, 1.82) is 0 Å². The first-order valence-electron chi connectivity index (χ1n) is 10.6. The van der Waals surface area contributed by atoms with Crippen LogP contribution >= 0.6 is 11.3 Å². The number of urea groups is 1. The summed E-state index contributed by atoms with van der Waals surface area (Å²) in [5.41, 5.74) is 2.92. The summed E-state index contributed by atoms with van der Waals surface area (Å²) in [5.74, 6) is -0.00737. The Labute approximate surface area is 189 Å². The lowest BCUT2D eigenvalue weighted by Gasteiger charge is -2.23. The number of carbonyl (C=O) groups is 2. The lowest BCUT2D eigenvalue weighted by molar-refractivity contribution is 0.0735. The van der Waals surface area contributed by atoms with Gasteiger partial charge in [-0.15, -0.1) is 11.3 Å². The summed E-state index contributed by atoms with van der Waals surface area (Å²) in [6.45, 7) is 0.721. The summed E-state index contributed by atoms with van der Waals surface area (Å²) in [6.07, 6.45) is 1.89. The molecule has 4 aromatic rings. The summed E-state index contributed by atoms with van der Waals surface area (Å²) in [7, 11) is 0. The number of rotatable bonds is 4. The number of hydrogen-bond donors (Lipinski definition) is 2. The van der Waals surface area contributed by atoms with Crippen LogP contribution in [0.4, 0.5) is 16.2 Å². The van der Waals surface area contributed by atoms with Gasteiger partial charge in [0.2, 0.25) is 0 Å². The number of nitrogens with zero attached hydrogens (tertiary/aromatic N) is 2. The molecule has 2 N–H and O–H groups in total. The van der Waals surface area contributed by atoms with E-state index in [2.05, 4.69) is 16.7 Å². The summed E-state index contributed by atoms with van der Waals surface area (Å²) >= 11 is 1.66. The maximum Gasteiger partial charge on any atom is 0.323 e. The Morgan fingerprint density at radius 3 is 2.31 bits per heavy atom. The van der Waals surface area contributed by atoms with Crippen LogP contribution in [0.25, 0.3) is 10.2 Å². The fraction of sp³-hybridized carbons (Fsp3) is 0.160. The maximum absolute atomic E-state index is 13.2. The van der Waals surface area contributed by atoms with E-state index in [1.165, 1.54) is 0 Å². The predicted molar refractivity (Wildman–Crippen MR) is 128 cm³/mol. The molecule has 1 unspecified atom stereocenters. The molecule has 160 valence electrons. The third kappa shape index (κ3) is 4.20. The molecule has 1 aliphatic heterocycles. The number of likely N-dealkylation sites (tertiary alicyclic amines) is 1. The smallest absolute Gasteiger partial charge is 0.323 e. The molecule has 6 nitrogen and oxygen atoms in total. The van der Waals surface area contributed by atoms with E-state index in [0.717, 1.165) is 34.6 Å². The molecule has 2 heterocycles. The Morgan fingerprint density at radius 2 is 1.56 bits per heavy atom. The van der Waals surface area contributed by atoms with Crippen LogP contribution in [-0.2, 0) is 0 Å². The molecule has 0 spiro atoms. The minimum absolute atomic E-state index is 0.00737. The van der Waals surface area contributed by atoms with Gasteiger partial charge >= 0.3 is 6.03 Å². The first-order chi connectivity index (χ1) is 15.7. The average molecular weight is 443 g/mol. The maximum atomic E-state index is 13.2. The van der Waals surface area contributed by atoms with Crippen molar-refractivity contribution >= 4 is 44.9 Å². The Hall–Kier alpha value is -3.71. The molecule has 1 fully saturated rings. The molecule has 3 aromatic carbocycles. The van der Waals surface area contributed by atoms with Crippen LogP contribution in [-0.4, -0.2) is 28.4 Å². The van der Waals surface area contributed by atoms with Crippen molar-refractivity contribution in [2.45, 2.75) is 18.9 Å². The van der Waals surface area contributed by atoms with E-state index in [1.807, 2.05) is 53.4 Å². The molecule has 5 rings (SSSR count).